The molecule has 0 radical (unpaired) electrons. The fraction of sp³-hybridized carbons (Fsp3) is 0.200. The van der Waals surface area contributed by atoms with Gasteiger partial charge in [0, 0.05) is 6.07 Å². The molecule has 0 atom stereocenters. The zero-order chi connectivity index (χ0) is 13.8. The van der Waals surface area contributed by atoms with Crippen molar-refractivity contribution in [2.24, 2.45) is 0 Å². The molecule has 0 fully saturated rings. The van der Waals surface area contributed by atoms with Gasteiger partial charge in [-0.05, 0) is 22.6 Å². The number of carboxylic acid groups (broad SMARTS) is 1. The molecule has 1 heterocycles. The lowest BCUT2D eigenvalue weighted by Crippen LogP contribution is -2.03. The largest absolute Gasteiger partial charge is 0.495 e. The maximum atomic E-state index is 10.6. The van der Waals surface area contributed by atoms with E-state index in [4.69, 9.17) is 21.4 Å². The van der Waals surface area contributed by atoms with E-state index in [-0.39, 0.29) is 5.75 Å². The van der Waals surface area contributed by atoms with Crippen LogP contribution in [0.15, 0.2) is 23.4 Å². The predicted molar refractivity (Wildman–Crippen MR) is 69.1 cm³/mol. The van der Waals surface area contributed by atoms with Crippen molar-refractivity contribution in [3.8, 4) is 11.4 Å². The number of aliphatic carboxylic acids is 1. The Morgan fingerprint density at radius 1 is 1.58 bits per heavy atom. The lowest BCUT2D eigenvalue weighted by Gasteiger charge is -2.07. The van der Waals surface area contributed by atoms with E-state index >= 15 is 0 Å². The van der Waals surface area contributed by atoms with Gasteiger partial charge in [0.2, 0.25) is 5.16 Å². The van der Waals surface area contributed by atoms with E-state index in [0.29, 0.717) is 21.6 Å². The van der Waals surface area contributed by atoms with Gasteiger partial charge in [-0.3, -0.25) is 4.79 Å². The molecule has 19 heavy (non-hydrogen) atoms. The third kappa shape index (κ3) is 3.15. The molecule has 9 heteroatoms. The standard InChI is InChI=1S/C10H9ClN4O3S/c1-18-8-4-6(2-3-7(8)11)15-10(12-13-14-15)19-5-9(16)17/h2-4H,5H2,1H3,(H,16,17). The van der Waals surface area contributed by atoms with Crippen LogP contribution in [0.1, 0.15) is 0 Å². The summed E-state index contributed by atoms with van der Waals surface area (Å²) in [5, 5.41) is 20.6. The minimum Gasteiger partial charge on any atom is -0.495 e. The van der Waals surface area contributed by atoms with E-state index in [1.54, 1.807) is 18.2 Å². The summed E-state index contributed by atoms with van der Waals surface area (Å²) in [5.74, 6) is -0.567. The summed E-state index contributed by atoms with van der Waals surface area (Å²) in [6.07, 6.45) is 0. The number of halogens is 1. The van der Waals surface area contributed by atoms with Crippen molar-refractivity contribution < 1.29 is 14.6 Å². The molecule has 0 spiro atoms. The summed E-state index contributed by atoms with van der Waals surface area (Å²) in [5.41, 5.74) is 0.638. The van der Waals surface area contributed by atoms with Gasteiger partial charge < -0.3 is 9.84 Å². The summed E-state index contributed by atoms with van der Waals surface area (Å²) in [6.45, 7) is 0. The monoisotopic (exact) mass is 300 g/mol. The van der Waals surface area contributed by atoms with Gasteiger partial charge in [0.1, 0.15) is 5.75 Å². The number of tetrazole rings is 1. The van der Waals surface area contributed by atoms with E-state index in [0.717, 1.165) is 11.8 Å². The first-order valence-corrected chi connectivity index (χ1v) is 6.45. The van der Waals surface area contributed by atoms with E-state index in [2.05, 4.69) is 15.5 Å². The fourth-order valence-electron chi connectivity index (χ4n) is 1.34. The molecule has 0 aliphatic rings. The van der Waals surface area contributed by atoms with Crippen molar-refractivity contribution in [1.82, 2.24) is 20.2 Å². The van der Waals surface area contributed by atoms with Crippen LogP contribution >= 0.6 is 23.4 Å². The van der Waals surface area contributed by atoms with E-state index < -0.39 is 5.97 Å². The molecule has 0 aliphatic heterocycles. The molecule has 0 aliphatic carbocycles. The van der Waals surface area contributed by atoms with Gasteiger partial charge in [-0.25, -0.2) is 0 Å². The topological polar surface area (TPSA) is 90.1 Å². The SMILES string of the molecule is COc1cc(-n2nnnc2SCC(=O)O)ccc1Cl. The molecule has 0 bridgehead atoms. The Balaban J connectivity index is 2.31. The Morgan fingerprint density at radius 2 is 2.37 bits per heavy atom. The van der Waals surface area contributed by atoms with Crippen molar-refractivity contribution in [1.29, 1.82) is 0 Å². The number of benzene rings is 1. The van der Waals surface area contributed by atoms with Gasteiger partial charge in [0.15, 0.2) is 0 Å². The summed E-state index contributed by atoms with van der Waals surface area (Å²) in [7, 11) is 1.50. The zero-order valence-electron chi connectivity index (χ0n) is 9.78. The van der Waals surface area contributed by atoms with Gasteiger partial charge >= 0.3 is 5.97 Å². The Hall–Kier alpha value is -1.80. The lowest BCUT2D eigenvalue weighted by atomic mass is 10.3. The average molecular weight is 301 g/mol. The zero-order valence-corrected chi connectivity index (χ0v) is 11.4. The van der Waals surface area contributed by atoms with Crippen LogP contribution in [0.3, 0.4) is 0 Å². The lowest BCUT2D eigenvalue weighted by molar-refractivity contribution is -0.133. The highest BCUT2D eigenvalue weighted by atomic mass is 35.5. The highest BCUT2D eigenvalue weighted by Gasteiger charge is 2.12. The molecule has 0 saturated heterocycles. The molecule has 7 nitrogen and oxygen atoms in total. The molecule has 1 aromatic heterocycles. The first-order valence-electron chi connectivity index (χ1n) is 5.08. The van der Waals surface area contributed by atoms with Crippen molar-refractivity contribution >= 4 is 29.3 Å². The number of aromatic nitrogens is 4. The summed E-state index contributed by atoms with van der Waals surface area (Å²) < 4.78 is 6.53. The van der Waals surface area contributed by atoms with Gasteiger partial charge in [-0.2, -0.15) is 4.68 Å². The summed E-state index contributed by atoms with van der Waals surface area (Å²) >= 11 is 6.96. The number of thioether (sulfide) groups is 1. The van der Waals surface area contributed by atoms with Gasteiger partial charge in [-0.15, -0.1) is 5.10 Å². The van der Waals surface area contributed by atoms with Crippen LogP contribution < -0.4 is 4.74 Å². The van der Waals surface area contributed by atoms with E-state index in [1.807, 2.05) is 0 Å². The fourth-order valence-corrected chi connectivity index (χ4v) is 2.14. The molecule has 0 unspecified atom stereocenters. The van der Waals surface area contributed by atoms with E-state index in [1.165, 1.54) is 11.8 Å². The predicted octanol–water partition coefficient (Wildman–Crippen LogP) is 1.50. The molecule has 1 aromatic carbocycles. The van der Waals surface area contributed by atoms with Gasteiger partial charge in [0.25, 0.3) is 0 Å². The number of nitrogens with zero attached hydrogens (tertiary/aromatic N) is 4. The molecule has 0 saturated carbocycles. The van der Waals surface area contributed by atoms with Crippen LogP contribution in [0.2, 0.25) is 5.02 Å². The molecule has 2 rings (SSSR count). The Kier molecular flexibility index (Phi) is 4.23. The highest BCUT2D eigenvalue weighted by Crippen LogP contribution is 2.27. The molecular weight excluding hydrogens is 292 g/mol. The second-order valence-electron chi connectivity index (χ2n) is 3.37. The van der Waals surface area contributed by atoms with Crippen LogP contribution in [0.4, 0.5) is 0 Å². The first-order chi connectivity index (χ1) is 9.11. The van der Waals surface area contributed by atoms with Crippen molar-refractivity contribution in [2.75, 3.05) is 12.9 Å². The number of methoxy groups -OCH3 is 1. The Morgan fingerprint density at radius 3 is 3.05 bits per heavy atom. The van der Waals surface area contributed by atoms with Crippen LogP contribution in [0.25, 0.3) is 5.69 Å². The van der Waals surface area contributed by atoms with Crippen LogP contribution in [0, 0.1) is 0 Å². The van der Waals surface area contributed by atoms with Crippen molar-refractivity contribution in [3.63, 3.8) is 0 Å². The second-order valence-corrected chi connectivity index (χ2v) is 4.72. The first kappa shape index (κ1) is 13.6. The van der Waals surface area contributed by atoms with Crippen molar-refractivity contribution in [3.05, 3.63) is 23.2 Å². The molecule has 2 aromatic rings. The van der Waals surface area contributed by atoms with Crippen molar-refractivity contribution in [2.45, 2.75) is 5.16 Å². The molecule has 1 N–H and O–H groups in total. The van der Waals surface area contributed by atoms with Crippen LogP contribution in [-0.4, -0.2) is 44.1 Å². The Labute approximate surface area is 117 Å². The maximum absolute atomic E-state index is 10.6. The maximum Gasteiger partial charge on any atom is 0.313 e. The van der Waals surface area contributed by atoms with E-state index in [9.17, 15) is 4.79 Å². The molecule has 100 valence electrons. The second kappa shape index (κ2) is 5.89. The number of hydrogen-bond donors (Lipinski definition) is 1. The smallest absolute Gasteiger partial charge is 0.313 e. The van der Waals surface area contributed by atoms with Gasteiger partial charge in [0.05, 0.1) is 23.6 Å². The quantitative estimate of drug-likeness (QED) is 0.837. The highest BCUT2D eigenvalue weighted by molar-refractivity contribution is 7.99. The van der Waals surface area contributed by atoms with Gasteiger partial charge in [-0.1, -0.05) is 23.4 Å². The minimum atomic E-state index is -0.937. The van der Waals surface area contributed by atoms with Crippen LogP contribution in [0.5, 0.6) is 5.75 Å². The number of ether oxygens (including phenoxy) is 1. The third-order valence-corrected chi connectivity index (χ3v) is 3.36. The minimum absolute atomic E-state index is 0.120. The average Bonchev–Trinajstić information content (AvgIpc) is 2.85. The summed E-state index contributed by atoms with van der Waals surface area (Å²) in [4.78, 5) is 10.6. The number of carbonyl (C=O) groups is 1. The third-order valence-electron chi connectivity index (χ3n) is 2.14. The normalized spacial score (nSPS) is 10.4. The summed E-state index contributed by atoms with van der Waals surface area (Å²) in [6, 6.07) is 5.04. The Bertz CT molecular complexity index is 604. The number of hydrogen-bond acceptors (Lipinski definition) is 6. The number of rotatable bonds is 5. The number of carboxylic acids is 1. The molecular formula is C10H9ClN4O3S. The molecule has 0 amide bonds. The van der Waals surface area contributed by atoms with Crippen LogP contribution in [-0.2, 0) is 4.79 Å².